The van der Waals surface area contributed by atoms with Crippen LogP contribution in [0.1, 0.15) is 45.4 Å². The molecular weight excluding hydrogens is 190 g/mol. The molecule has 15 heavy (non-hydrogen) atoms. The van der Waals surface area contributed by atoms with Gasteiger partial charge in [-0.1, -0.05) is 0 Å². The molecule has 1 fully saturated rings. The second-order valence-electron chi connectivity index (χ2n) is 5.08. The largest absolute Gasteiger partial charge is 0.382 e. The monoisotopic (exact) mass is 209 g/mol. The first-order chi connectivity index (χ1) is 6.98. The van der Waals surface area contributed by atoms with Crippen LogP contribution in [-0.2, 0) is 10.3 Å². The van der Waals surface area contributed by atoms with Crippen molar-refractivity contribution in [1.82, 2.24) is 9.78 Å². The zero-order valence-corrected chi connectivity index (χ0v) is 9.66. The van der Waals surface area contributed by atoms with Crippen LogP contribution in [0.5, 0.6) is 0 Å². The first kappa shape index (κ1) is 10.5. The number of rotatable bonds is 1. The van der Waals surface area contributed by atoms with Crippen LogP contribution in [0.4, 0.5) is 5.82 Å². The standard InChI is InChI=1S/C11H19N3O/c1-11(2,3)14-8(7-10(12)13-14)9-5-4-6-15-9/h7,9H,4-6H2,1-3H3,(H2,12,13). The molecule has 0 spiro atoms. The lowest BCUT2D eigenvalue weighted by atomic mass is 10.1. The van der Waals surface area contributed by atoms with E-state index in [1.807, 2.05) is 10.7 Å². The van der Waals surface area contributed by atoms with E-state index in [-0.39, 0.29) is 11.6 Å². The van der Waals surface area contributed by atoms with Gasteiger partial charge in [0.1, 0.15) is 5.82 Å². The molecule has 1 aromatic rings. The van der Waals surface area contributed by atoms with Crippen molar-refractivity contribution in [3.63, 3.8) is 0 Å². The molecule has 0 bridgehead atoms. The van der Waals surface area contributed by atoms with Crippen LogP contribution in [0.15, 0.2) is 6.07 Å². The summed E-state index contributed by atoms with van der Waals surface area (Å²) in [6.45, 7) is 7.22. The molecule has 0 radical (unpaired) electrons. The number of anilines is 1. The maximum absolute atomic E-state index is 5.76. The van der Waals surface area contributed by atoms with E-state index in [4.69, 9.17) is 10.5 Å². The lowest BCUT2D eigenvalue weighted by molar-refractivity contribution is 0.0994. The number of nitrogens with two attached hydrogens (primary N) is 1. The Balaban J connectivity index is 2.37. The molecule has 1 saturated heterocycles. The summed E-state index contributed by atoms with van der Waals surface area (Å²) < 4.78 is 7.66. The van der Waals surface area contributed by atoms with Gasteiger partial charge < -0.3 is 10.5 Å². The third kappa shape index (κ3) is 2.00. The molecule has 2 heterocycles. The summed E-state index contributed by atoms with van der Waals surface area (Å²) >= 11 is 0. The third-order valence-corrected chi connectivity index (χ3v) is 2.65. The van der Waals surface area contributed by atoms with E-state index in [1.54, 1.807) is 0 Å². The van der Waals surface area contributed by atoms with Crippen molar-refractivity contribution < 1.29 is 4.74 Å². The number of hydrogen-bond donors (Lipinski definition) is 1. The van der Waals surface area contributed by atoms with Crippen molar-refractivity contribution in [2.24, 2.45) is 0 Å². The number of ether oxygens (including phenoxy) is 1. The summed E-state index contributed by atoms with van der Waals surface area (Å²) in [4.78, 5) is 0. The summed E-state index contributed by atoms with van der Waals surface area (Å²) in [5.41, 5.74) is 6.82. The topological polar surface area (TPSA) is 53.1 Å². The SMILES string of the molecule is CC(C)(C)n1nc(N)cc1C1CCCO1. The van der Waals surface area contributed by atoms with Gasteiger partial charge in [0.25, 0.3) is 0 Å². The number of hydrogen-bond acceptors (Lipinski definition) is 3. The smallest absolute Gasteiger partial charge is 0.145 e. The Morgan fingerprint density at radius 2 is 2.27 bits per heavy atom. The normalized spacial score (nSPS) is 22.2. The van der Waals surface area contributed by atoms with E-state index >= 15 is 0 Å². The number of nitrogens with zero attached hydrogens (tertiary/aromatic N) is 2. The van der Waals surface area contributed by atoms with Crippen molar-refractivity contribution in [2.75, 3.05) is 12.3 Å². The van der Waals surface area contributed by atoms with Gasteiger partial charge in [-0.2, -0.15) is 5.10 Å². The quantitative estimate of drug-likeness (QED) is 0.770. The number of aromatic nitrogens is 2. The second-order valence-corrected chi connectivity index (χ2v) is 5.08. The highest BCUT2D eigenvalue weighted by Crippen LogP contribution is 2.32. The van der Waals surface area contributed by atoms with E-state index < -0.39 is 0 Å². The van der Waals surface area contributed by atoms with Gasteiger partial charge in [-0.15, -0.1) is 0 Å². The molecule has 1 aliphatic heterocycles. The van der Waals surface area contributed by atoms with E-state index in [2.05, 4.69) is 25.9 Å². The van der Waals surface area contributed by atoms with Gasteiger partial charge in [-0.05, 0) is 33.6 Å². The van der Waals surface area contributed by atoms with Crippen LogP contribution >= 0.6 is 0 Å². The van der Waals surface area contributed by atoms with Crippen LogP contribution in [-0.4, -0.2) is 16.4 Å². The molecule has 2 N–H and O–H groups in total. The van der Waals surface area contributed by atoms with Gasteiger partial charge in [0.05, 0.1) is 17.3 Å². The van der Waals surface area contributed by atoms with Crippen LogP contribution in [0.2, 0.25) is 0 Å². The van der Waals surface area contributed by atoms with Gasteiger partial charge in [-0.3, -0.25) is 4.68 Å². The molecule has 1 unspecified atom stereocenters. The van der Waals surface area contributed by atoms with Crippen molar-refractivity contribution >= 4 is 5.82 Å². The zero-order chi connectivity index (χ0) is 11.1. The van der Waals surface area contributed by atoms with E-state index in [1.165, 1.54) is 0 Å². The van der Waals surface area contributed by atoms with Crippen molar-refractivity contribution in [3.05, 3.63) is 11.8 Å². The summed E-state index contributed by atoms with van der Waals surface area (Å²) in [5.74, 6) is 0.579. The highest BCUT2D eigenvalue weighted by Gasteiger charge is 2.27. The molecule has 1 aromatic heterocycles. The molecule has 4 nitrogen and oxygen atoms in total. The molecule has 0 amide bonds. The van der Waals surface area contributed by atoms with Crippen LogP contribution < -0.4 is 5.73 Å². The fourth-order valence-electron chi connectivity index (χ4n) is 1.99. The Hall–Kier alpha value is -1.03. The minimum Gasteiger partial charge on any atom is -0.382 e. The average molecular weight is 209 g/mol. The summed E-state index contributed by atoms with van der Waals surface area (Å²) in [5, 5.41) is 4.34. The molecule has 0 aliphatic carbocycles. The highest BCUT2D eigenvalue weighted by molar-refractivity contribution is 5.31. The Labute approximate surface area is 90.4 Å². The molecule has 0 saturated carbocycles. The predicted molar refractivity (Wildman–Crippen MR) is 59.6 cm³/mol. The fraction of sp³-hybridized carbons (Fsp3) is 0.727. The maximum atomic E-state index is 5.76. The van der Waals surface area contributed by atoms with Crippen molar-refractivity contribution in [1.29, 1.82) is 0 Å². The fourth-order valence-corrected chi connectivity index (χ4v) is 1.99. The minimum absolute atomic E-state index is 0.0428. The number of nitrogen functional groups attached to an aromatic ring is 1. The summed E-state index contributed by atoms with van der Waals surface area (Å²) in [6, 6.07) is 1.93. The van der Waals surface area contributed by atoms with E-state index in [9.17, 15) is 0 Å². The predicted octanol–water partition coefficient (Wildman–Crippen LogP) is 2.07. The van der Waals surface area contributed by atoms with Crippen LogP contribution in [0.3, 0.4) is 0 Å². The van der Waals surface area contributed by atoms with Crippen molar-refractivity contribution in [3.8, 4) is 0 Å². The minimum atomic E-state index is -0.0428. The lowest BCUT2D eigenvalue weighted by Crippen LogP contribution is -2.26. The van der Waals surface area contributed by atoms with Gasteiger partial charge in [0.2, 0.25) is 0 Å². The zero-order valence-electron chi connectivity index (χ0n) is 9.66. The molecule has 0 aromatic carbocycles. The third-order valence-electron chi connectivity index (χ3n) is 2.65. The Kier molecular flexibility index (Phi) is 2.46. The van der Waals surface area contributed by atoms with Crippen molar-refractivity contribution in [2.45, 2.75) is 45.3 Å². The van der Waals surface area contributed by atoms with Gasteiger partial charge in [0, 0.05) is 12.7 Å². The molecule has 1 aliphatic rings. The van der Waals surface area contributed by atoms with Gasteiger partial charge in [-0.25, -0.2) is 0 Å². The first-order valence-corrected chi connectivity index (χ1v) is 5.46. The van der Waals surface area contributed by atoms with E-state index in [0.717, 1.165) is 25.1 Å². The summed E-state index contributed by atoms with van der Waals surface area (Å²) in [7, 11) is 0. The second kappa shape index (κ2) is 3.52. The molecule has 2 rings (SSSR count). The Bertz CT molecular complexity index is 345. The molecule has 1 atom stereocenters. The Morgan fingerprint density at radius 3 is 2.80 bits per heavy atom. The molecular formula is C11H19N3O. The Morgan fingerprint density at radius 1 is 1.53 bits per heavy atom. The molecule has 4 heteroatoms. The first-order valence-electron chi connectivity index (χ1n) is 5.46. The van der Waals surface area contributed by atoms with Crippen LogP contribution in [0.25, 0.3) is 0 Å². The van der Waals surface area contributed by atoms with Gasteiger partial charge >= 0.3 is 0 Å². The van der Waals surface area contributed by atoms with E-state index in [0.29, 0.717) is 5.82 Å². The van der Waals surface area contributed by atoms with Crippen LogP contribution in [0, 0.1) is 0 Å². The average Bonchev–Trinajstić information content (AvgIpc) is 2.68. The highest BCUT2D eigenvalue weighted by atomic mass is 16.5. The maximum Gasteiger partial charge on any atom is 0.145 e. The lowest BCUT2D eigenvalue weighted by Gasteiger charge is -2.24. The molecule has 84 valence electrons. The van der Waals surface area contributed by atoms with Gasteiger partial charge in [0.15, 0.2) is 0 Å². The summed E-state index contributed by atoms with van der Waals surface area (Å²) in [6.07, 6.45) is 2.37.